The average Bonchev–Trinajstić information content (AvgIpc) is 2.59. The van der Waals surface area contributed by atoms with Crippen molar-refractivity contribution in [2.24, 2.45) is 5.73 Å². The van der Waals surface area contributed by atoms with Gasteiger partial charge < -0.3 is 5.73 Å². The molecule has 18 heavy (non-hydrogen) atoms. The summed E-state index contributed by atoms with van der Waals surface area (Å²) in [6, 6.07) is 6.33. The summed E-state index contributed by atoms with van der Waals surface area (Å²) in [6.45, 7) is 4.26. The molecule has 1 aromatic heterocycles. The highest BCUT2D eigenvalue weighted by Crippen LogP contribution is 2.26. The Bertz CT molecular complexity index is 565. The number of hydrogen-bond acceptors (Lipinski definition) is 2. The van der Waals surface area contributed by atoms with Gasteiger partial charge in [-0.2, -0.15) is 5.10 Å². The van der Waals surface area contributed by atoms with Crippen molar-refractivity contribution in [2.45, 2.75) is 19.9 Å². The Kier molecular flexibility index (Phi) is 3.82. The van der Waals surface area contributed by atoms with Crippen molar-refractivity contribution < 1.29 is 4.39 Å². The molecular formula is C13H15BrFN3. The first-order valence-electron chi connectivity index (χ1n) is 5.71. The SMILES string of the molecule is Cc1nn(C(CN)c2cccc(F)c2)c(C)c1Br. The second-order valence-electron chi connectivity index (χ2n) is 4.24. The molecule has 0 radical (unpaired) electrons. The van der Waals surface area contributed by atoms with Crippen LogP contribution in [0.4, 0.5) is 4.39 Å². The molecule has 1 heterocycles. The van der Waals surface area contributed by atoms with Crippen molar-refractivity contribution in [3.8, 4) is 0 Å². The lowest BCUT2D eigenvalue weighted by Gasteiger charge is -2.18. The maximum atomic E-state index is 13.3. The van der Waals surface area contributed by atoms with Gasteiger partial charge in [0.15, 0.2) is 0 Å². The van der Waals surface area contributed by atoms with Crippen LogP contribution in [-0.2, 0) is 0 Å². The van der Waals surface area contributed by atoms with Crippen LogP contribution < -0.4 is 5.73 Å². The summed E-state index contributed by atoms with van der Waals surface area (Å²) in [7, 11) is 0. The van der Waals surface area contributed by atoms with Gasteiger partial charge in [-0.1, -0.05) is 12.1 Å². The fourth-order valence-electron chi connectivity index (χ4n) is 2.04. The first-order valence-corrected chi connectivity index (χ1v) is 6.50. The number of benzene rings is 1. The first kappa shape index (κ1) is 13.2. The fourth-order valence-corrected chi connectivity index (χ4v) is 2.30. The van der Waals surface area contributed by atoms with E-state index in [1.807, 2.05) is 24.6 Å². The van der Waals surface area contributed by atoms with Gasteiger partial charge in [0.2, 0.25) is 0 Å². The van der Waals surface area contributed by atoms with E-state index >= 15 is 0 Å². The van der Waals surface area contributed by atoms with Gasteiger partial charge in [-0.25, -0.2) is 4.39 Å². The first-order chi connectivity index (χ1) is 8.54. The van der Waals surface area contributed by atoms with Crippen LogP contribution in [0.15, 0.2) is 28.7 Å². The summed E-state index contributed by atoms with van der Waals surface area (Å²) in [5.74, 6) is -0.258. The normalized spacial score (nSPS) is 12.7. The number of aromatic nitrogens is 2. The topological polar surface area (TPSA) is 43.8 Å². The standard InChI is InChI=1S/C13H15BrFN3/c1-8-13(14)9(2)18(17-8)12(7-16)10-4-3-5-11(15)6-10/h3-6,12H,7,16H2,1-2H3. The molecule has 0 amide bonds. The van der Waals surface area contributed by atoms with E-state index in [1.165, 1.54) is 12.1 Å². The molecule has 0 spiro atoms. The number of aryl methyl sites for hydroxylation is 1. The molecule has 0 aliphatic heterocycles. The van der Waals surface area contributed by atoms with Crippen molar-refractivity contribution >= 4 is 15.9 Å². The van der Waals surface area contributed by atoms with E-state index in [9.17, 15) is 4.39 Å². The summed E-state index contributed by atoms with van der Waals surface area (Å²) in [6.07, 6.45) is 0. The van der Waals surface area contributed by atoms with Gasteiger partial charge >= 0.3 is 0 Å². The zero-order valence-electron chi connectivity index (χ0n) is 10.3. The van der Waals surface area contributed by atoms with Crippen LogP contribution in [0.1, 0.15) is 23.0 Å². The predicted molar refractivity (Wildman–Crippen MR) is 73.0 cm³/mol. The van der Waals surface area contributed by atoms with Crippen molar-refractivity contribution in [1.29, 1.82) is 0 Å². The van der Waals surface area contributed by atoms with Gasteiger partial charge in [-0.05, 0) is 47.5 Å². The van der Waals surface area contributed by atoms with Gasteiger partial charge in [0.05, 0.1) is 21.9 Å². The minimum Gasteiger partial charge on any atom is -0.328 e. The fraction of sp³-hybridized carbons (Fsp3) is 0.308. The van der Waals surface area contributed by atoms with Gasteiger partial charge in [0, 0.05) is 6.54 Å². The third-order valence-corrected chi connectivity index (χ3v) is 4.14. The molecule has 5 heteroatoms. The Balaban J connectivity index is 2.48. The number of nitrogens with two attached hydrogens (primary N) is 1. The molecule has 0 fully saturated rings. The van der Waals surface area contributed by atoms with E-state index in [4.69, 9.17) is 5.73 Å². The molecular weight excluding hydrogens is 297 g/mol. The maximum absolute atomic E-state index is 13.3. The van der Waals surface area contributed by atoms with Crippen LogP contribution >= 0.6 is 15.9 Å². The highest BCUT2D eigenvalue weighted by Gasteiger charge is 2.18. The maximum Gasteiger partial charge on any atom is 0.123 e. The highest BCUT2D eigenvalue weighted by atomic mass is 79.9. The molecule has 0 bridgehead atoms. The lowest BCUT2D eigenvalue weighted by Crippen LogP contribution is -2.22. The van der Waals surface area contributed by atoms with Crippen LogP contribution in [0.25, 0.3) is 0 Å². The summed E-state index contributed by atoms with van der Waals surface area (Å²) >= 11 is 3.49. The third kappa shape index (κ3) is 2.33. The van der Waals surface area contributed by atoms with Crippen molar-refractivity contribution in [3.63, 3.8) is 0 Å². The predicted octanol–water partition coefficient (Wildman–Crippen LogP) is 2.95. The van der Waals surface area contributed by atoms with Crippen LogP contribution in [0.3, 0.4) is 0 Å². The number of rotatable bonds is 3. The largest absolute Gasteiger partial charge is 0.328 e. The van der Waals surface area contributed by atoms with E-state index in [1.54, 1.807) is 6.07 Å². The molecule has 0 aliphatic carbocycles. The Hall–Kier alpha value is -1.20. The molecule has 2 N–H and O–H groups in total. The number of nitrogens with zero attached hydrogens (tertiary/aromatic N) is 2. The number of halogens is 2. The van der Waals surface area contributed by atoms with E-state index in [0.29, 0.717) is 6.54 Å². The molecule has 96 valence electrons. The molecule has 0 saturated heterocycles. The smallest absolute Gasteiger partial charge is 0.123 e. The van der Waals surface area contributed by atoms with E-state index < -0.39 is 0 Å². The molecule has 3 nitrogen and oxygen atoms in total. The molecule has 1 aromatic carbocycles. The van der Waals surface area contributed by atoms with Gasteiger partial charge in [-0.15, -0.1) is 0 Å². The van der Waals surface area contributed by atoms with Gasteiger partial charge in [0.1, 0.15) is 5.82 Å². The molecule has 2 aromatic rings. The molecule has 1 unspecified atom stereocenters. The summed E-state index contributed by atoms with van der Waals surface area (Å²) in [4.78, 5) is 0. The highest BCUT2D eigenvalue weighted by molar-refractivity contribution is 9.10. The minimum atomic E-state index is -0.258. The lowest BCUT2D eigenvalue weighted by molar-refractivity contribution is 0.512. The second kappa shape index (κ2) is 5.20. The Labute approximate surface area is 114 Å². The van der Waals surface area contributed by atoms with E-state index in [-0.39, 0.29) is 11.9 Å². The Morgan fingerprint density at radius 2 is 2.17 bits per heavy atom. The van der Waals surface area contributed by atoms with Gasteiger partial charge in [-0.3, -0.25) is 4.68 Å². The summed E-state index contributed by atoms with van der Waals surface area (Å²) < 4.78 is 16.1. The second-order valence-corrected chi connectivity index (χ2v) is 5.03. The van der Waals surface area contributed by atoms with Crippen molar-refractivity contribution in [3.05, 3.63) is 51.5 Å². The quantitative estimate of drug-likeness (QED) is 0.947. The lowest BCUT2D eigenvalue weighted by atomic mass is 10.1. The Morgan fingerprint density at radius 1 is 1.44 bits per heavy atom. The zero-order chi connectivity index (χ0) is 13.3. The monoisotopic (exact) mass is 311 g/mol. The number of hydrogen-bond donors (Lipinski definition) is 1. The third-order valence-electron chi connectivity index (χ3n) is 2.99. The molecule has 0 saturated carbocycles. The van der Waals surface area contributed by atoms with E-state index in [2.05, 4.69) is 21.0 Å². The summed E-state index contributed by atoms with van der Waals surface area (Å²) in [5.41, 5.74) is 8.54. The minimum absolute atomic E-state index is 0.148. The van der Waals surface area contributed by atoms with Crippen LogP contribution in [0.5, 0.6) is 0 Å². The molecule has 0 aliphatic rings. The van der Waals surface area contributed by atoms with Crippen molar-refractivity contribution in [2.75, 3.05) is 6.54 Å². The molecule has 1 atom stereocenters. The summed E-state index contributed by atoms with van der Waals surface area (Å²) in [5, 5.41) is 4.45. The molecule has 2 rings (SSSR count). The van der Waals surface area contributed by atoms with Crippen LogP contribution in [-0.4, -0.2) is 16.3 Å². The van der Waals surface area contributed by atoms with Crippen LogP contribution in [0, 0.1) is 19.7 Å². The van der Waals surface area contributed by atoms with Crippen molar-refractivity contribution in [1.82, 2.24) is 9.78 Å². The Morgan fingerprint density at radius 3 is 2.67 bits per heavy atom. The van der Waals surface area contributed by atoms with Gasteiger partial charge in [0.25, 0.3) is 0 Å². The average molecular weight is 312 g/mol. The zero-order valence-corrected chi connectivity index (χ0v) is 11.9. The van der Waals surface area contributed by atoms with E-state index in [0.717, 1.165) is 21.4 Å². The van der Waals surface area contributed by atoms with Crippen LogP contribution in [0.2, 0.25) is 0 Å².